The van der Waals surface area contributed by atoms with Crippen LogP contribution in [0.2, 0.25) is 0 Å². The molecule has 0 saturated carbocycles. The molecule has 0 spiro atoms. The van der Waals surface area contributed by atoms with Crippen molar-refractivity contribution in [2.24, 2.45) is 5.10 Å². The Bertz CT molecular complexity index is 754. The van der Waals surface area contributed by atoms with Crippen molar-refractivity contribution in [2.75, 3.05) is 13.2 Å². The fourth-order valence-corrected chi connectivity index (χ4v) is 2.01. The number of hydrogen-bond donors (Lipinski definition) is 1. The summed E-state index contributed by atoms with van der Waals surface area (Å²) in [6, 6.07) is 14.1. The topological polar surface area (TPSA) is 77.0 Å². The van der Waals surface area contributed by atoms with Gasteiger partial charge in [-0.25, -0.2) is 10.2 Å². The molecule has 0 unspecified atom stereocenters. The summed E-state index contributed by atoms with van der Waals surface area (Å²) in [7, 11) is 0. The van der Waals surface area contributed by atoms with Gasteiger partial charge >= 0.3 is 5.97 Å². The Hall–Kier alpha value is -3.15. The van der Waals surface area contributed by atoms with Gasteiger partial charge in [-0.2, -0.15) is 5.10 Å². The van der Waals surface area contributed by atoms with Crippen LogP contribution in [0.4, 0.5) is 0 Å². The highest BCUT2D eigenvalue weighted by atomic mass is 16.5. The average Bonchev–Trinajstić information content (AvgIpc) is 2.61. The van der Waals surface area contributed by atoms with Crippen LogP contribution >= 0.6 is 0 Å². The lowest BCUT2D eigenvalue weighted by Gasteiger charge is -2.06. The van der Waals surface area contributed by atoms with Crippen LogP contribution in [0.15, 0.2) is 53.6 Å². The molecule has 0 aliphatic heterocycles. The number of amides is 1. The maximum atomic E-state index is 11.7. The van der Waals surface area contributed by atoms with E-state index in [1.165, 1.54) is 0 Å². The molecule has 2 aromatic rings. The zero-order valence-corrected chi connectivity index (χ0v) is 14.2. The second kappa shape index (κ2) is 9.22. The predicted octanol–water partition coefficient (Wildman–Crippen LogP) is 2.70. The molecule has 2 aromatic carbocycles. The number of nitrogens with one attached hydrogen (secondary N) is 1. The van der Waals surface area contributed by atoms with Crippen LogP contribution in [0.5, 0.6) is 5.75 Å². The molecule has 2 rings (SSSR count). The molecule has 130 valence electrons. The van der Waals surface area contributed by atoms with Gasteiger partial charge in [-0.15, -0.1) is 0 Å². The lowest BCUT2D eigenvalue weighted by Crippen LogP contribution is -2.24. The van der Waals surface area contributed by atoms with Gasteiger partial charge in [0.25, 0.3) is 5.91 Å². The number of carbonyl (C=O) groups excluding carboxylic acids is 2. The largest absolute Gasteiger partial charge is 0.484 e. The molecule has 0 heterocycles. The third-order valence-corrected chi connectivity index (χ3v) is 3.18. The minimum absolute atomic E-state index is 0.177. The number of carbonyl (C=O) groups is 2. The number of aryl methyl sites for hydroxylation is 1. The number of nitrogens with zero attached hydrogens (tertiary/aromatic N) is 1. The second-order valence-corrected chi connectivity index (χ2v) is 5.24. The minimum atomic E-state index is -0.391. The van der Waals surface area contributed by atoms with Crippen LogP contribution in [0, 0.1) is 6.92 Å². The summed E-state index contributed by atoms with van der Waals surface area (Å²) in [5.41, 5.74) is 4.84. The van der Waals surface area contributed by atoms with Crippen molar-refractivity contribution in [1.29, 1.82) is 0 Å². The molecule has 0 fully saturated rings. The first kappa shape index (κ1) is 18.2. The molecule has 0 aliphatic carbocycles. The molecule has 1 amide bonds. The summed E-state index contributed by atoms with van der Waals surface area (Å²) in [5.74, 6) is -0.290. The Morgan fingerprint density at radius 2 is 1.92 bits per heavy atom. The summed E-state index contributed by atoms with van der Waals surface area (Å²) < 4.78 is 10.2. The van der Waals surface area contributed by atoms with Gasteiger partial charge in [0.1, 0.15) is 5.75 Å². The van der Waals surface area contributed by atoms with Crippen molar-refractivity contribution >= 4 is 18.1 Å². The zero-order chi connectivity index (χ0) is 18.1. The molecule has 1 N–H and O–H groups in total. The average molecular weight is 340 g/mol. The van der Waals surface area contributed by atoms with Crippen molar-refractivity contribution in [3.8, 4) is 5.75 Å². The van der Waals surface area contributed by atoms with Gasteiger partial charge in [0, 0.05) is 0 Å². The van der Waals surface area contributed by atoms with Gasteiger partial charge in [0.05, 0.1) is 18.4 Å². The Morgan fingerprint density at radius 3 is 2.60 bits per heavy atom. The summed E-state index contributed by atoms with van der Waals surface area (Å²) in [4.78, 5) is 23.2. The molecular formula is C19H20N2O4. The lowest BCUT2D eigenvalue weighted by molar-refractivity contribution is -0.123. The molecule has 0 radical (unpaired) electrons. The molecule has 0 aliphatic rings. The SMILES string of the molecule is CCOC(=O)c1ccc(OCC(=O)NN=Cc2cccc(C)c2)cc1. The number of benzene rings is 2. The van der Waals surface area contributed by atoms with E-state index in [1.54, 1.807) is 37.4 Å². The molecule has 0 saturated heterocycles. The number of rotatable bonds is 7. The van der Waals surface area contributed by atoms with Crippen LogP contribution in [0.3, 0.4) is 0 Å². The summed E-state index contributed by atoms with van der Waals surface area (Å²) in [6.07, 6.45) is 1.57. The number of esters is 1. The summed E-state index contributed by atoms with van der Waals surface area (Å²) in [6.45, 7) is 3.87. The number of hydrogen-bond acceptors (Lipinski definition) is 5. The van der Waals surface area contributed by atoms with Crippen molar-refractivity contribution < 1.29 is 19.1 Å². The highest BCUT2D eigenvalue weighted by Crippen LogP contribution is 2.12. The van der Waals surface area contributed by atoms with Gasteiger partial charge in [-0.1, -0.05) is 29.8 Å². The molecule has 0 aromatic heterocycles. The van der Waals surface area contributed by atoms with Crippen molar-refractivity contribution in [3.63, 3.8) is 0 Å². The summed E-state index contributed by atoms with van der Waals surface area (Å²) in [5, 5.41) is 3.89. The molecule has 0 bridgehead atoms. The van der Waals surface area contributed by atoms with Crippen LogP contribution in [-0.2, 0) is 9.53 Å². The first-order chi connectivity index (χ1) is 12.1. The molecular weight excluding hydrogens is 320 g/mol. The maximum Gasteiger partial charge on any atom is 0.338 e. The van der Waals surface area contributed by atoms with Gasteiger partial charge in [0.2, 0.25) is 0 Å². The fraction of sp³-hybridized carbons (Fsp3) is 0.211. The Labute approximate surface area is 146 Å². The van der Waals surface area contributed by atoms with E-state index in [0.717, 1.165) is 11.1 Å². The van der Waals surface area contributed by atoms with E-state index < -0.39 is 5.97 Å². The minimum Gasteiger partial charge on any atom is -0.484 e. The van der Waals surface area contributed by atoms with Crippen LogP contribution in [-0.4, -0.2) is 31.3 Å². The third kappa shape index (κ3) is 6.10. The van der Waals surface area contributed by atoms with Gasteiger partial charge in [-0.05, 0) is 43.7 Å². The highest BCUT2D eigenvalue weighted by Gasteiger charge is 2.07. The first-order valence-electron chi connectivity index (χ1n) is 7.87. The van der Waals surface area contributed by atoms with Gasteiger partial charge in [0.15, 0.2) is 6.61 Å². The van der Waals surface area contributed by atoms with E-state index in [-0.39, 0.29) is 12.5 Å². The smallest absolute Gasteiger partial charge is 0.338 e. The van der Waals surface area contributed by atoms with Crippen LogP contribution in [0.25, 0.3) is 0 Å². The highest BCUT2D eigenvalue weighted by molar-refractivity contribution is 5.89. The summed E-state index contributed by atoms with van der Waals surface area (Å²) >= 11 is 0. The van der Waals surface area contributed by atoms with E-state index in [1.807, 2.05) is 31.2 Å². The second-order valence-electron chi connectivity index (χ2n) is 5.24. The van der Waals surface area contributed by atoms with Crippen molar-refractivity contribution in [2.45, 2.75) is 13.8 Å². The first-order valence-corrected chi connectivity index (χ1v) is 7.87. The van der Waals surface area contributed by atoms with Crippen LogP contribution < -0.4 is 10.2 Å². The monoisotopic (exact) mass is 340 g/mol. The van der Waals surface area contributed by atoms with E-state index in [2.05, 4.69) is 10.5 Å². The Morgan fingerprint density at radius 1 is 1.16 bits per heavy atom. The standard InChI is InChI=1S/C19H20N2O4/c1-3-24-19(23)16-7-9-17(10-8-16)25-13-18(22)21-20-12-15-6-4-5-14(2)11-15/h4-12H,3,13H2,1-2H3,(H,21,22). The number of hydrazone groups is 1. The van der Waals surface area contributed by atoms with E-state index in [0.29, 0.717) is 17.9 Å². The lowest BCUT2D eigenvalue weighted by atomic mass is 10.2. The molecule has 6 nitrogen and oxygen atoms in total. The Kier molecular flexibility index (Phi) is 6.71. The fourth-order valence-electron chi connectivity index (χ4n) is 2.01. The zero-order valence-electron chi connectivity index (χ0n) is 14.2. The molecule has 6 heteroatoms. The third-order valence-electron chi connectivity index (χ3n) is 3.18. The van der Waals surface area contributed by atoms with Crippen LogP contribution in [0.1, 0.15) is 28.4 Å². The van der Waals surface area contributed by atoms with Gasteiger partial charge in [-0.3, -0.25) is 4.79 Å². The van der Waals surface area contributed by atoms with Crippen molar-refractivity contribution in [3.05, 3.63) is 65.2 Å². The molecule has 0 atom stereocenters. The predicted molar refractivity (Wildman–Crippen MR) is 94.8 cm³/mol. The van der Waals surface area contributed by atoms with Crippen molar-refractivity contribution in [1.82, 2.24) is 5.43 Å². The van der Waals surface area contributed by atoms with E-state index in [9.17, 15) is 9.59 Å². The molecule has 25 heavy (non-hydrogen) atoms. The van der Waals surface area contributed by atoms with E-state index >= 15 is 0 Å². The van der Waals surface area contributed by atoms with Gasteiger partial charge < -0.3 is 9.47 Å². The maximum absolute atomic E-state index is 11.7. The normalized spacial score (nSPS) is 10.5. The quantitative estimate of drug-likeness (QED) is 0.478. The number of ether oxygens (including phenoxy) is 2. The Balaban J connectivity index is 1.78. The van der Waals surface area contributed by atoms with E-state index in [4.69, 9.17) is 9.47 Å².